The largest absolute Gasteiger partial charge is 0.494 e. The zero-order chi connectivity index (χ0) is 21.9. The summed E-state index contributed by atoms with van der Waals surface area (Å²) in [6.45, 7) is 2.72. The molecule has 0 aromatic heterocycles. The number of methoxy groups -OCH3 is 2. The average molecular weight is 432 g/mol. The Morgan fingerprint density at radius 3 is 2.20 bits per heavy atom. The summed E-state index contributed by atoms with van der Waals surface area (Å²) in [4.78, 5) is 24.5. The highest BCUT2D eigenvalue weighted by Crippen LogP contribution is 2.27. The lowest BCUT2D eigenvalue weighted by atomic mass is 10.2. The van der Waals surface area contributed by atoms with Gasteiger partial charge in [-0.05, 0) is 61.1 Å². The molecule has 0 aliphatic heterocycles. The topological polar surface area (TPSA) is 97.9 Å². The quantitative estimate of drug-likeness (QED) is 0.336. The third-order valence-electron chi connectivity index (χ3n) is 4.05. The van der Waals surface area contributed by atoms with E-state index in [0.29, 0.717) is 35.0 Å². The molecule has 0 atom stereocenters. The third kappa shape index (κ3) is 6.63. The Morgan fingerprint density at radius 1 is 0.900 bits per heavy atom. The van der Waals surface area contributed by atoms with Crippen molar-refractivity contribution in [1.29, 1.82) is 0 Å². The maximum atomic E-state index is 12.3. The van der Waals surface area contributed by atoms with Crippen molar-refractivity contribution in [3.05, 3.63) is 53.6 Å². The van der Waals surface area contributed by atoms with E-state index in [0.717, 1.165) is 12.8 Å². The fraction of sp³-hybridized carbons (Fsp3) is 0.286. The molecule has 0 unspecified atom stereocenters. The summed E-state index contributed by atoms with van der Waals surface area (Å²) in [5.74, 6) is 0.756. The monoisotopic (exact) mass is 431 g/mol. The first-order valence-electron chi connectivity index (χ1n) is 9.35. The van der Waals surface area contributed by atoms with Gasteiger partial charge in [0, 0.05) is 11.1 Å². The Bertz CT molecular complexity index is 887. The van der Waals surface area contributed by atoms with E-state index in [1.807, 2.05) is 0 Å². The Hall–Kier alpha value is -3.33. The molecule has 30 heavy (non-hydrogen) atoms. The van der Waals surface area contributed by atoms with Crippen LogP contribution in [0.25, 0.3) is 0 Å². The average Bonchev–Trinajstić information content (AvgIpc) is 2.77. The fourth-order valence-electron chi connectivity index (χ4n) is 2.41. The second-order valence-corrected chi connectivity index (χ2v) is 6.57. The Kier molecular flexibility index (Phi) is 8.89. The predicted molar refractivity (Wildman–Crippen MR) is 117 cm³/mol. The van der Waals surface area contributed by atoms with Crippen LogP contribution in [0, 0.1) is 0 Å². The minimum absolute atomic E-state index is 0.0444. The van der Waals surface area contributed by atoms with E-state index in [1.165, 1.54) is 20.3 Å². The van der Waals surface area contributed by atoms with Gasteiger partial charge in [0.15, 0.2) is 16.6 Å². The molecule has 9 heteroatoms. The van der Waals surface area contributed by atoms with Gasteiger partial charge >= 0.3 is 0 Å². The Balaban J connectivity index is 1.85. The molecule has 3 N–H and O–H groups in total. The highest BCUT2D eigenvalue weighted by atomic mass is 32.1. The van der Waals surface area contributed by atoms with Gasteiger partial charge < -0.3 is 14.2 Å². The number of amides is 2. The Labute approximate surface area is 180 Å². The summed E-state index contributed by atoms with van der Waals surface area (Å²) in [5, 5.41) is 2.45. The van der Waals surface area contributed by atoms with Crippen molar-refractivity contribution >= 4 is 29.1 Å². The van der Waals surface area contributed by atoms with Gasteiger partial charge in [0.25, 0.3) is 11.8 Å². The van der Waals surface area contributed by atoms with Crippen molar-refractivity contribution in [2.75, 3.05) is 20.8 Å². The van der Waals surface area contributed by atoms with E-state index in [-0.39, 0.29) is 5.11 Å². The highest BCUT2D eigenvalue weighted by Gasteiger charge is 2.12. The summed E-state index contributed by atoms with van der Waals surface area (Å²) in [5.41, 5.74) is 5.65. The van der Waals surface area contributed by atoms with Gasteiger partial charge in [-0.25, -0.2) is 0 Å². The zero-order valence-corrected chi connectivity index (χ0v) is 17.9. The van der Waals surface area contributed by atoms with Crippen LogP contribution in [-0.2, 0) is 0 Å². The molecule has 8 nitrogen and oxygen atoms in total. The summed E-state index contributed by atoms with van der Waals surface area (Å²) in [6, 6.07) is 11.4. The molecule has 0 aliphatic carbocycles. The minimum atomic E-state index is -0.457. The van der Waals surface area contributed by atoms with E-state index in [4.69, 9.17) is 26.4 Å². The van der Waals surface area contributed by atoms with E-state index in [9.17, 15) is 9.59 Å². The van der Waals surface area contributed by atoms with E-state index in [2.05, 4.69) is 23.1 Å². The first-order valence-corrected chi connectivity index (χ1v) is 9.75. The number of carbonyl (C=O) groups is 2. The predicted octanol–water partition coefficient (Wildman–Crippen LogP) is 2.83. The normalized spacial score (nSPS) is 9.97. The fourth-order valence-corrected chi connectivity index (χ4v) is 2.55. The molecule has 160 valence electrons. The van der Waals surface area contributed by atoms with Crippen LogP contribution in [0.5, 0.6) is 17.2 Å². The summed E-state index contributed by atoms with van der Waals surface area (Å²) in [6.07, 6.45) is 2.02. The number of unbranched alkanes of at least 4 members (excludes halogenated alkanes) is 1. The lowest BCUT2D eigenvalue weighted by Crippen LogP contribution is -2.48. The maximum Gasteiger partial charge on any atom is 0.269 e. The van der Waals surface area contributed by atoms with Gasteiger partial charge in [0.2, 0.25) is 0 Å². The number of hydrogen-bond donors (Lipinski definition) is 3. The molecule has 2 aromatic carbocycles. The number of rotatable bonds is 8. The second kappa shape index (κ2) is 11.6. The molecule has 2 rings (SSSR count). The number of nitrogens with one attached hydrogen (secondary N) is 3. The standard InChI is InChI=1S/C21H25N3O5S/c1-4-5-12-29-16-9-6-14(7-10-16)19(25)22-21(30)24-23-20(26)15-8-11-17(27-2)18(13-15)28-3/h6-11,13H,4-5,12H2,1-3H3,(H,23,26)(H2,22,24,25,30). The van der Waals surface area contributed by atoms with Gasteiger partial charge in [-0.15, -0.1) is 0 Å². The van der Waals surface area contributed by atoms with E-state index in [1.54, 1.807) is 36.4 Å². The molecule has 0 saturated carbocycles. The van der Waals surface area contributed by atoms with Crippen molar-refractivity contribution in [3.63, 3.8) is 0 Å². The van der Waals surface area contributed by atoms with Crippen LogP contribution in [0.3, 0.4) is 0 Å². The van der Waals surface area contributed by atoms with Crippen LogP contribution in [-0.4, -0.2) is 37.8 Å². The third-order valence-corrected chi connectivity index (χ3v) is 4.25. The molecule has 0 heterocycles. The van der Waals surface area contributed by atoms with Gasteiger partial charge in [0.1, 0.15) is 5.75 Å². The lowest BCUT2D eigenvalue weighted by Gasteiger charge is -2.12. The Morgan fingerprint density at radius 2 is 1.57 bits per heavy atom. The van der Waals surface area contributed by atoms with Crippen LogP contribution in [0.15, 0.2) is 42.5 Å². The molecule has 0 spiro atoms. The van der Waals surface area contributed by atoms with Crippen molar-refractivity contribution in [1.82, 2.24) is 16.2 Å². The number of thiocarbonyl (C=S) groups is 1. The molecule has 0 saturated heterocycles. The number of hydrazine groups is 1. The first kappa shape index (κ1) is 23.0. The van der Waals surface area contributed by atoms with Crippen LogP contribution in [0.2, 0.25) is 0 Å². The van der Waals surface area contributed by atoms with Gasteiger partial charge in [-0.2, -0.15) is 0 Å². The summed E-state index contributed by atoms with van der Waals surface area (Å²) in [7, 11) is 2.99. The maximum absolute atomic E-state index is 12.3. The van der Waals surface area contributed by atoms with Crippen molar-refractivity contribution in [2.45, 2.75) is 19.8 Å². The molecule has 2 aromatic rings. The second-order valence-electron chi connectivity index (χ2n) is 6.16. The molecular formula is C21H25N3O5S. The van der Waals surface area contributed by atoms with Crippen molar-refractivity contribution in [2.24, 2.45) is 0 Å². The van der Waals surface area contributed by atoms with Crippen LogP contribution in [0.1, 0.15) is 40.5 Å². The van der Waals surface area contributed by atoms with Gasteiger partial charge in [-0.1, -0.05) is 13.3 Å². The number of carbonyl (C=O) groups excluding carboxylic acids is 2. The molecule has 0 bridgehead atoms. The summed E-state index contributed by atoms with van der Waals surface area (Å²) >= 11 is 5.06. The van der Waals surface area contributed by atoms with Gasteiger partial charge in [0.05, 0.1) is 20.8 Å². The van der Waals surface area contributed by atoms with Crippen molar-refractivity contribution < 1.29 is 23.8 Å². The highest BCUT2D eigenvalue weighted by molar-refractivity contribution is 7.80. The van der Waals surface area contributed by atoms with E-state index < -0.39 is 11.8 Å². The smallest absolute Gasteiger partial charge is 0.269 e. The molecular weight excluding hydrogens is 406 g/mol. The first-order chi connectivity index (χ1) is 14.5. The van der Waals surface area contributed by atoms with Crippen molar-refractivity contribution in [3.8, 4) is 17.2 Å². The number of ether oxygens (including phenoxy) is 3. The number of benzene rings is 2. The SMILES string of the molecule is CCCCOc1ccc(C(=O)NC(=S)NNC(=O)c2ccc(OC)c(OC)c2)cc1. The zero-order valence-electron chi connectivity index (χ0n) is 17.1. The van der Waals surface area contributed by atoms with Crippen LogP contribution in [0.4, 0.5) is 0 Å². The molecule has 0 radical (unpaired) electrons. The lowest BCUT2D eigenvalue weighted by molar-refractivity contribution is 0.0934. The molecule has 0 aliphatic rings. The van der Waals surface area contributed by atoms with E-state index >= 15 is 0 Å². The molecule has 0 fully saturated rings. The van der Waals surface area contributed by atoms with Gasteiger partial charge in [-0.3, -0.25) is 25.8 Å². The number of hydrogen-bond acceptors (Lipinski definition) is 6. The molecule has 2 amide bonds. The summed E-state index contributed by atoms with van der Waals surface area (Å²) < 4.78 is 15.9. The van der Waals surface area contributed by atoms with Crippen LogP contribution >= 0.6 is 12.2 Å². The minimum Gasteiger partial charge on any atom is -0.494 e. The van der Waals surface area contributed by atoms with Crippen LogP contribution < -0.4 is 30.4 Å².